The van der Waals surface area contributed by atoms with Gasteiger partial charge in [-0.1, -0.05) is 23.7 Å². The smallest absolute Gasteiger partial charge is 0.416 e. The number of H-pyrrole nitrogens is 1. The van der Waals surface area contributed by atoms with Gasteiger partial charge in [0.15, 0.2) is 0 Å². The van der Waals surface area contributed by atoms with Gasteiger partial charge in [-0.25, -0.2) is 4.79 Å². The molecule has 4 aromatic rings. The normalized spacial score (nSPS) is 14.5. The molecule has 1 atom stereocenters. The summed E-state index contributed by atoms with van der Waals surface area (Å²) in [5.74, 6) is 1.88. The molecule has 0 bridgehead atoms. The van der Waals surface area contributed by atoms with Gasteiger partial charge in [0.1, 0.15) is 23.3 Å². The number of aromatic amines is 1. The van der Waals surface area contributed by atoms with Crippen molar-refractivity contribution in [3.63, 3.8) is 0 Å². The number of rotatable bonds is 8. The number of fused-ring (bicyclic) bond motifs is 3. The van der Waals surface area contributed by atoms with E-state index in [1.807, 2.05) is 42.5 Å². The number of methoxy groups -OCH3 is 1. The maximum absolute atomic E-state index is 13.4. The van der Waals surface area contributed by atoms with Gasteiger partial charge in [-0.2, -0.15) is 0 Å². The van der Waals surface area contributed by atoms with Crippen molar-refractivity contribution in [1.82, 2.24) is 9.88 Å². The number of aromatic nitrogens is 1. The number of unbranched alkanes of at least 4 members (excludes halogenated alkanes) is 1. The molecule has 0 saturated heterocycles. The summed E-state index contributed by atoms with van der Waals surface area (Å²) in [7, 11) is 1.59. The standard InChI is InChI=1S/C29H29ClN2O5.H2O/c1-35-21-9-11-23(12-10-21)37-29(34)32-15-14-24-25-18-20(30)6-13-26(25)31-27(24)28(32)19-4-7-22(8-5-19)36-17-3-2-16-33;/h4-13,18,28,31,33H,2-3,14-17H2,1H3;1H2/t28-;/m0./s1. The number of aliphatic hydroxyl groups is 1. The minimum absolute atomic E-state index is 0. The number of halogens is 1. The fraction of sp³-hybridized carbons (Fsp3) is 0.276. The molecule has 0 spiro atoms. The highest BCUT2D eigenvalue weighted by Crippen LogP contribution is 2.40. The molecule has 4 N–H and O–H groups in total. The Morgan fingerprint density at radius 2 is 1.74 bits per heavy atom. The highest BCUT2D eigenvalue weighted by atomic mass is 35.5. The largest absolute Gasteiger partial charge is 0.497 e. The van der Waals surface area contributed by atoms with E-state index in [4.69, 9.17) is 30.9 Å². The summed E-state index contributed by atoms with van der Waals surface area (Å²) in [6.07, 6.45) is 1.74. The lowest BCUT2D eigenvalue weighted by atomic mass is 9.92. The number of hydrogen-bond acceptors (Lipinski definition) is 5. The number of nitrogens with zero attached hydrogens (tertiary/aromatic N) is 1. The van der Waals surface area contributed by atoms with Crippen molar-refractivity contribution >= 4 is 28.6 Å². The molecule has 5 rings (SSSR count). The van der Waals surface area contributed by atoms with Crippen molar-refractivity contribution in [3.8, 4) is 17.2 Å². The zero-order valence-electron chi connectivity index (χ0n) is 21.1. The lowest BCUT2D eigenvalue weighted by Gasteiger charge is -2.35. The molecule has 38 heavy (non-hydrogen) atoms. The average Bonchev–Trinajstić information content (AvgIpc) is 3.29. The van der Waals surface area contributed by atoms with E-state index in [0.717, 1.165) is 39.9 Å². The van der Waals surface area contributed by atoms with Crippen molar-refractivity contribution < 1.29 is 29.6 Å². The topological polar surface area (TPSA) is 116 Å². The number of carbonyl (C=O) groups excluding carboxylic acids is 1. The van der Waals surface area contributed by atoms with Crippen LogP contribution in [0.4, 0.5) is 4.79 Å². The van der Waals surface area contributed by atoms with E-state index in [1.54, 1.807) is 36.3 Å². The first-order valence-electron chi connectivity index (χ1n) is 12.3. The highest BCUT2D eigenvalue weighted by Gasteiger charge is 2.35. The van der Waals surface area contributed by atoms with E-state index in [9.17, 15) is 4.79 Å². The molecular formula is C29H31ClN2O6. The molecule has 0 unspecified atom stereocenters. The molecule has 1 aliphatic heterocycles. The van der Waals surface area contributed by atoms with E-state index in [0.29, 0.717) is 42.5 Å². The lowest BCUT2D eigenvalue weighted by Crippen LogP contribution is -2.42. The summed E-state index contributed by atoms with van der Waals surface area (Å²) in [6.45, 7) is 1.19. The number of amides is 1. The molecular weight excluding hydrogens is 508 g/mol. The van der Waals surface area contributed by atoms with Crippen molar-refractivity contribution in [2.24, 2.45) is 0 Å². The van der Waals surface area contributed by atoms with E-state index in [-0.39, 0.29) is 18.1 Å². The van der Waals surface area contributed by atoms with Crippen molar-refractivity contribution in [3.05, 3.63) is 88.6 Å². The second-order valence-corrected chi connectivity index (χ2v) is 9.38. The number of benzene rings is 3. The van der Waals surface area contributed by atoms with Gasteiger partial charge >= 0.3 is 6.09 Å². The summed E-state index contributed by atoms with van der Waals surface area (Å²) in [4.78, 5) is 18.7. The molecule has 1 amide bonds. The third-order valence-electron chi connectivity index (χ3n) is 6.61. The molecule has 9 heteroatoms. The van der Waals surface area contributed by atoms with Crippen molar-refractivity contribution in [2.75, 3.05) is 26.9 Å². The number of hydrogen-bond donors (Lipinski definition) is 2. The van der Waals surface area contributed by atoms with Gasteiger partial charge in [-0.05, 0) is 85.0 Å². The zero-order valence-corrected chi connectivity index (χ0v) is 21.8. The van der Waals surface area contributed by atoms with Crippen molar-refractivity contribution in [1.29, 1.82) is 0 Å². The van der Waals surface area contributed by atoms with Gasteiger partial charge in [-0.3, -0.25) is 4.90 Å². The van der Waals surface area contributed by atoms with E-state index < -0.39 is 6.09 Å². The predicted molar refractivity (Wildman–Crippen MR) is 146 cm³/mol. The van der Waals surface area contributed by atoms with E-state index in [1.165, 1.54) is 0 Å². The van der Waals surface area contributed by atoms with Crippen LogP contribution < -0.4 is 14.2 Å². The van der Waals surface area contributed by atoms with E-state index in [2.05, 4.69) is 4.98 Å². The third kappa shape index (κ3) is 5.72. The first-order chi connectivity index (χ1) is 18.1. The SMILES string of the molecule is COc1ccc(OC(=O)N2CCc3c([nH]c4ccc(Cl)cc34)[C@@H]2c2ccc(OCCCCO)cc2)cc1.O. The molecule has 8 nitrogen and oxygen atoms in total. The van der Waals surface area contributed by atoms with Gasteiger partial charge in [0.2, 0.25) is 0 Å². The maximum Gasteiger partial charge on any atom is 0.416 e. The first kappa shape index (κ1) is 27.3. The van der Waals surface area contributed by atoms with Crippen molar-refractivity contribution in [2.45, 2.75) is 25.3 Å². The summed E-state index contributed by atoms with van der Waals surface area (Å²) in [6, 6.07) is 20.2. The number of carbonyl (C=O) groups is 1. The minimum Gasteiger partial charge on any atom is -0.497 e. The quantitative estimate of drug-likeness (QED) is 0.295. The molecule has 0 fully saturated rings. The van der Waals surface area contributed by atoms with Crippen LogP contribution in [-0.4, -0.2) is 53.4 Å². The Balaban J connectivity index is 0.00000336. The van der Waals surface area contributed by atoms with Crippen LogP contribution in [0.15, 0.2) is 66.7 Å². The average molecular weight is 539 g/mol. The molecule has 0 saturated carbocycles. The summed E-state index contributed by atoms with van der Waals surface area (Å²) >= 11 is 6.31. The van der Waals surface area contributed by atoms with Crippen LogP contribution in [0.5, 0.6) is 17.2 Å². The minimum atomic E-state index is -0.429. The molecule has 2 heterocycles. The fourth-order valence-electron chi connectivity index (χ4n) is 4.76. The maximum atomic E-state index is 13.4. The van der Waals surface area contributed by atoms with Gasteiger partial charge in [-0.15, -0.1) is 0 Å². The van der Waals surface area contributed by atoms with Crippen LogP contribution in [0.2, 0.25) is 5.02 Å². The number of nitrogens with one attached hydrogen (secondary N) is 1. The Hall–Kier alpha value is -3.72. The van der Waals surface area contributed by atoms with Crippen LogP contribution in [0, 0.1) is 0 Å². The van der Waals surface area contributed by atoms with Crippen LogP contribution in [0.3, 0.4) is 0 Å². The second kappa shape index (κ2) is 12.2. The van der Waals surface area contributed by atoms with Crippen LogP contribution >= 0.6 is 11.6 Å². The third-order valence-corrected chi connectivity index (χ3v) is 6.84. The van der Waals surface area contributed by atoms with Gasteiger partial charge in [0.05, 0.1) is 13.7 Å². The Morgan fingerprint density at radius 1 is 1.03 bits per heavy atom. The van der Waals surface area contributed by atoms with Gasteiger partial charge < -0.3 is 29.8 Å². The molecule has 0 aliphatic carbocycles. The molecule has 3 aromatic carbocycles. The Bertz CT molecular complexity index is 1370. The highest BCUT2D eigenvalue weighted by molar-refractivity contribution is 6.31. The zero-order chi connectivity index (χ0) is 25.8. The summed E-state index contributed by atoms with van der Waals surface area (Å²) in [5, 5.41) is 10.7. The van der Waals surface area contributed by atoms with Crippen LogP contribution in [-0.2, 0) is 6.42 Å². The summed E-state index contributed by atoms with van der Waals surface area (Å²) in [5.41, 5.74) is 4.02. The van der Waals surface area contributed by atoms with E-state index >= 15 is 0 Å². The monoisotopic (exact) mass is 538 g/mol. The summed E-state index contributed by atoms with van der Waals surface area (Å²) < 4.78 is 16.8. The first-order valence-corrected chi connectivity index (χ1v) is 12.7. The Morgan fingerprint density at radius 3 is 2.45 bits per heavy atom. The molecule has 1 aliphatic rings. The lowest BCUT2D eigenvalue weighted by molar-refractivity contribution is 0.135. The predicted octanol–water partition coefficient (Wildman–Crippen LogP) is 5.30. The number of aliphatic hydroxyl groups excluding tert-OH is 1. The molecule has 0 radical (unpaired) electrons. The van der Waals surface area contributed by atoms with Crippen LogP contribution in [0.1, 0.15) is 35.7 Å². The van der Waals surface area contributed by atoms with Gasteiger partial charge in [0.25, 0.3) is 0 Å². The second-order valence-electron chi connectivity index (χ2n) is 8.94. The fourth-order valence-corrected chi connectivity index (χ4v) is 4.93. The van der Waals surface area contributed by atoms with Crippen LogP contribution in [0.25, 0.3) is 10.9 Å². The van der Waals surface area contributed by atoms with Gasteiger partial charge in [0, 0.05) is 34.8 Å². The molecule has 200 valence electrons. The number of ether oxygens (including phenoxy) is 3. The Kier molecular flexibility index (Phi) is 8.78. The Labute approximate surface area is 226 Å². The molecule has 1 aromatic heterocycles.